The number of para-hydroxylation sites is 1. The van der Waals surface area contributed by atoms with Crippen LogP contribution in [0.4, 0.5) is 10.5 Å². The van der Waals surface area contributed by atoms with Gasteiger partial charge in [0, 0.05) is 5.69 Å². The average molecular weight is 494 g/mol. The molecule has 2 aromatic rings. The van der Waals surface area contributed by atoms with Crippen LogP contribution in [0.2, 0.25) is 0 Å². The number of nitrogens with one attached hydrogen (secondary N) is 1. The highest BCUT2D eigenvalue weighted by Crippen LogP contribution is 2.33. The Bertz CT molecular complexity index is 974. The second-order valence-electron chi connectivity index (χ2n) is 5.84. The summed E-state index contributed by atoms with van der Waals surface area (Å²) in [4.78, 5) is 38.1. The quantitative estimate of drug-likeness (QED) is 0.496. The summed E-state index contributed by atoms with van der Waals surface area (Å²) < 4.78 is 0.637. The molecule has 0 unspecified atom stereocenters. The van der Waals surface area contributed by atoms with Gasteiger partial charge in [0.2, 0.25) is 5.91 Å². The summed E-state index contributed by atoms with van der Waals surface area (Å²) in [6.07, 6.45) is 1.58. The van der Waals surface area contributed by atoms with E-state index in [9.17, 15) is 19.5 Å². The lowest BCUT2D eigenvalue weighted by Gasteiger charge is -2.13. The monoisotopic (exact) mass is 494 g/mol. The molecule has 0 aliphatic carbocycles. The molecule has 1 aliphatic heterocycles. The van der Waals surface area contributed by atoms with E-state index in [0.717, 1.165) is 22.2 Å². The van der Waals surface area contributed by atoms with Crippen LogP contribution >= 0.6 is 34.4 Å². The number of amides is 3. The Labute approximate surface area is 173 Å². The van der Waals surface area contributed by atoms with Gasteiger partial charge in [-0.1, -0.05) is 24.3 Å². The number of anilines is 1. The first-order chi connectivity index (χ1) is 12.8. The maximum atomic E-state index is 12.5. The zero-order valence-electron chi connectivity index (χ0n) is 14.2. The van der Waals surface area contributed by atoms with Crippen molar-refractivity contribution in [3.05, 3.63) is 62.1 Å². The molecule has 3 rings (SSSR count). The molecule has 3 amide bonds. The van der Waals surface area contributed by atoms with Crippen molar-refractivity contribution >= 4 is 63.2 Å². The second-order valence-corrected chi connectivity index (χ2v) is 8.00. The largest absolute Gasteiger partial charge is 0.507 e. The molecule has 2 N–H and O–H groups in total. The molecular weight excluding hydrogens is 479 g/mol. The van der Waals surface area contributed by atoms with E-state index in [0.29, 0.717) is 14.8 Å². The number of carbonyl (C=O) groups excluding carboxylic acids is 3. The molecule has 6 nitrogen and oxygen atoms in total. The Hall–Kier alpha value is -2.33. The summed E-state index contributed by atoms with van der Waals surface area (Å²) in [5.41, 5.74) is 2.22. The van der Waals surface area contributed by atoms with Crippen LogP contribution in [0.3, 0.4) is 0 Å². The predicted molar refractivity (Wildman–Crippen MR) is 113 cm³/mol. The number of nitrogens with zero attached hydrogens (tertiary/aromatic N) is 1. The number of rotatable bonds is 4. The van der Waals surface area contributed by atoms with Crippen LogP contribution in [-0.2, 0) is 9.59 Å². The summed E-state index contributed by atoms with van der Waals surface area (Å²) in [6, 6.07) is 12.1. The van der Waals surface area contributed by atoms with E-state index in [1.165, 1.54) is 6.07 Å². The standard InChI is InChI=1S/C19H15IN2O4S/c1-11-4-2-3-5-14(11)21-17(24)10-22-18(25)16(27-19(22)26)9-12-6-7-15(23)13(20)8-12/h2-9,23H,10H2,1H3,(H,21,24)/b16-9-. The van der Waals surface area contributed by atoms with Crippen LogP contribution in [0.15, 0.2) is 47.4 Å². The molecule has 8 heteroatoms. The van der Waals surface area contributed by atoms with Crippen LogP contribution in [-0.4, -0.2) is 33.6 Å². The second kappa shape index (κ2) is 8.13. The van der Waals surface area contributed by atoms with E-state index < -0.39 is 17.1 Å². The van der Waals surface area contributed by atoms with Gasteiger partial charge in [-0.25, -0.2) is 0 Å². The molecule has 1 saturated heterocycles. The molecule has 0 spiro atoms. The predicted octanol–water partition coefficient (Wildman–Crippen LogP) is 3.98. The lowest BCUT2D eigenvalue weighted by atomic mass is 10.2. The van der Waals surface area contributed by atoms with Crippen LogP contribution in [0, 0.1) is 10.5 Å². The zero-order valence-corrected chi connectivity index (χ0v) is 17.2. The molecule has 27 heavy (non-hydrogen) atoms. The Morgan fingerprint density at radius 3 is 2.70 bits per heavy atom. The first kappa shape index (κ1) is 19.4. The first-order valence-electron chi connectivity index (χ1n) is 7.94. The minimum atomic E-state index is -0.506. The third-order valence-corrected chi connectivity index (χ3v) is 5.64. The number of carbonyl (C=O) groups is 3. The van der Waals surface area contributed by atoms with E-state index in [1.807, 2.05) is 41.6 Å². The average Bonchev–Trinajstić information content (AvgIpc) is 2.88. The number of phenolic OH excluding ortho intramolecular Hbond substituents is 1. The topological polar surface area (TPSA) is 86.7 Å². The molecule has 0 bridgehead atoms. The normalized spacial score (nSPS) is 15.5. The molecule has 0 atom stereocenters. The van der Waals surface area contributed by atoms with Crippen molar-refractivity contribution < 1.29 is 19.5 Å². The molecule has 0 radical (unpaired) electrons. The molecule has 2 aromatic carbocycles. The van der Waals surface area contributed by atoms with Gasteiger partial charge in [-0.3, -0.25) is 19.3 Å². The minimum absolute atomic E-state index is 0.147. The first-order valence-corrected chi connectivity index (χ1v) is 9.84. The van der Waals surface area contributed by atoms with Gasteiger partial charge in [0.05, 0.1) is 8.48 Å². The Balaban J connectivity index is 1.72. The number of benzene rings is 2. The zero-order chi connectivity index (χ0) is 19.6. The van der Waals surface area contributed by atoms with E-state index in [4.69, 9.17) is 0 Å². The van der Waals surface area contributed by atoms with Crippen molar-refractivity contribution in [2.24, 2.45) is 0 Å². The number of halogens is 1. The van der Waals surface area contributed by atoms with Crippen LogP contribution in [0.5, 0.6) is 5.75 Å². The summed E-state index contributed by atoms with van der Waals surface area (Å²) in [5, 5.41) is 11.8. The van der Waals surface area contributed by atoms with Gasteiger partial charge in [0.1, 0.15) is 12.3 Å². The highest BCUT2D eigenvalue weighted by Gasteiger charge is 2.36. The Morgan fingerprint density at radius 2 is 2.00 bits per heavy atom. The smallest absolute Gasteiger partial charge is 0.294 e. The maximum Gasteiger partial charge on any atom is 0.294 e. The summed E-state index contributed by atoms with van der Waals surface area (Å²) in [6.45, 7) is 1.51. The fraction of sp³-hybridized carbons (Fsp3) is 0.105. The lowest BCUT2D eigenvalue weighted by Crippen LogP contribution is -2.36. The van der Waals surface area contributed by atoms with Crippen molar-refractivity contribution in [2.45, 2.75) is 6.92 Å². The van der Waals surface area contributed by atoms with E-state index in [-0.39, 0.29) is 17.2 Å². The number of hydrogen-bond acceptors (Lipinski definition) is 5. The number of phenols is 1. The number of imide groups is 1. The van der Waals surface area contributed by atoms with Crippen molar-refractivity contribution in [3.8, 4) is 5.75 Å². The van der Waals surface area contributed by atoms with Crippen molar-refractivity contribution in [2.75, 3.05) is 11.9 Å². The van der Waals surface area contributed by atoms with Gasteiger partial charge in [0.15, 0.2) is 0 Å². The molecule has 0 aromatic heterocycles. The minimum Gasteiger partial charge on any atom is -0.507 e. The molecule has 1 aliphatic rings. The van der Waals surface area contributed by atoms with Crippen LogP contribution in [0.25, 0.3) is 6.08 Å². The fourth-order valence-corrected chi connectivity index (χ4v) is 3.82. The van der Waals surface area contributed by atoms with Gasteiger partial charge in [-0.05, 0) is 76.7 Å². The van der Waals surface area contributed by atoms with Crippen molar-refractivity contribution in [1.82, 2.24) is 4.90 Å². The molecule has 138 valence electrons. The van der Waals surface area contributed by atoms with Crippen molar-refractivity contribution in [3.63, 3.8) is 0 Å². The summed E-state index contributed by atoms with van der Waals surface area (Å²) in [5.74, 6) is -0.797. The lowest BCUT2D eigenvalue weighted by molar-refractivity contribution is -0.127. The van der Waals surface area contributed by atoms with Crippen LogP contribution in [0.1, 0.15) is 11.1 Å². The highest BCUT2D eigenvalue weighted by atomic mass is 127. The Kier molecular flexibility index (Phi) is 5.85. The van der Waals surface area contributed by atoms with E-state index in [1.54, 1.807) is 30.3 Å². The van der Waals surface area contributed by atoms with Crippen LogP contribution < -0.4 is 5.32 Å². The number of aryl methyl sites for hydroxylation is 1. The number of hydrogen-bond donors (Lipinski definition) is 2. The van der Waals surface area contributed by atoms with E-state index in [2.05, 4.69) is 5.32 Å². The van der Waals surface area contributed by atoms with Gasteiger partial charge in [0.25, 0.3) is 11.1 Å². The third-order valence-electron chi connectivity index (χ3n) is 3.86. The van der Waals surface area contributed by atoms with Crippen molar-refractivity contribution in [1.29, 1.82) is 0 Å². The van der Waals surface area contributed by atoms with E-state index >= 15 is 0 Å². The third kappa shape index (κ3) is 4.51. The molecule has 1 heterocycles. The number of thioether (sulfide) groups is 1. The SMILES string of the molecule is Cc1ccccc1NC(=O)CN1C(=O)S/C(=C\c2ccc(O)c(I)c2)C1=O. The number of aromatic hydroxyl groups is 1. The van der Waals surface area contributed by atoms with Gasteiger partial charge >= 0.3 is 0 Å². The maximum absolute atomic E-state index is 12.5. The van der Waals surface area contributed by atoms with Gasteiger partial charge in [-0.2, -0.15) is 0 Å². The molecule has 1 fully saturated rings. The fourth-order valence-electron chi connectivity index (χ4n) is 2.45. The highest BCUT2D eigenvalue weighted by molar-refractivity contribution is 14.1. The Morgan fingerprint density at radius 1 is 1.26 bits per heavy atom. The van der Waals surface area contributed by atoms with Gasteiger partial charge < -0.3 is 10.4 Å². The van der Waals surface area contributed by atoms with Gasteiger partial charge in [-0.15, -0.1) is 0 Å². The summed E-state index contributed by atoms with van der Waals surface area (Å²) in [7, 11) is 0. The molecular formula is C19H15IN2O4S. The molecule has 0 saturated carbocycles. The summed E-state index contributed by atoms with van der Waals surface area (Å²) >= 11 is 2.77.